The summed E-state index contributed by atoms with van der Waals surface area (Å²) in [5.41, 5.74) is 2.27. The number of nitrogens with zero attached hydrogens (tertiary/aromatic N) is 3. The molecule has 5 heteroatoms. The monoisotopic (exact) mass is 316 g/mol. The van der Waals surface area contributed by atoms with Gasteiger partial charge in [0.2, 0.25) is 0 Å². The largest absolute Gasteiger partial charge is 0.366 e. The molecule has 1 fully saturated rings. The van der Waals surface area contributed by atoms with E-state index >= 15 is 0 Å². The van der Waals surface area contributed by atoms with Gasteiger partial charge in [-0.2, -0.15) is 0 Å². The van der Waals surface area contributed by atoms with Crippen LogP contribution in [0.4, 0.5) is 5.82 Å². The Morgan fingerprint density at radius 3 is 2.82 bits per heavy atom. The van der Waals surface area contributed by atoms with Crippen LogP contribution in [0.3, 0.4) is 0 Å². The molecule has 0 radical (unpaired) electrons. The molecule has 2 heterocycles. The SMILES string of the molecule is Cc1c(Cl)ncnc1NC1CC(C)N(Cc2ccccc2)C1. The van der Waals surface area contributed by atoms with Gasteiger partial charge in [-0.05, 0) is 25.8 Å². The standard InChI is InChI=1S/C17H21ClN4/c1-12-8-15(21-17-13(2)16(18)19-11-20-17)10-22(12)9-14-6-4-3-5-7-14/h3-7,11-12,15H,8-10H2,1-2H3,(H,19,20,21). The molecular formula is C17H21ClN4. The minimum atomic E-state index is 0.392. The summed E-state index contributed by atoms with van der Waals surface area (Å²) >= 11 is 6.06. The maximum Gasteiger partial charge on any atom is 0.137 e. The van der Waals surface area contributed by atoms with Crippen LogP contribution in [-0.2, 0) is 6.54 Å². The Hall–Kier alpha value is -1.65. The van der Waals surface area contributed by atoms with E-state index in [-0.39, 0.29) is 0 Å². The summed E-state index contributed by atoms with van der Waals surface area (Å²) in [6.07, 6.45) is 2.62. The number of anilines is 1. The van der Waals surface area contributed by atoms with Gasteiger partial charge in [-0.1, -0.05) is 41.9 Å². The van der Waals surface area contributed by atoms with Crippen molar-refractivity contribution in [3.8, 4) is 0 Å². The summed E-state index contributed by atoms with van der Waals surface area (Å²) in [6, 6.07) is 11.6. The van der Waals surface area contributed by atoms with Crippen molar-refractivity contribution in [2.24, 2.45) is 0 Å². The van der Waals surface area contributed by atoms with Crippen molar-refractivity contribution in [3.63, 3.8) is 0 Å². The van der Waals surface area contributed by atoms with Crippen molar-refractivity contribution in [2.75, 3.05) is 11.9 Å². The van der Waals surface area contributed by atoms with Crippen molar-refractivity contribution in [1.82, 2.24) is 14.9 Å². The molecule has 1 N–H and O–H groups in total. The van der Waals surface area contributed by atoms with Crippen LogP contribution in [0.2, 0.25) is 5.15 Å². The third kappa shape index (κ3) is 3.39. The number of nitrogens with one attached hydrogen (secondary N) is 1. The van der Waals surface area contributed by atoms with Gasteiger partial charge in [0, 0.05) is 30.7 Å². The number of hydrogen-bond acceptors (Lipinski definition) is 4. The number of halogens is 1. The second-order valence-electron chi connectivity index (χ2n) is 5.98. The van der Waals surface area contributed by atoms with Gasteiger partial charge in [0.1, 0.15) is 17.3 Å². The third-order valence-electron chi connectivity index (χ3n) is 4.30. The van der Waals surface area contributed by atoms with Crippen LogP contribution in [0.5, 0.6) is 0 Å². The van der Waals surface area contributed by atoms with E-state index in [0.717, 1.165) is 30.9 Å². The Morgan fingerprint density at radius 2 is 2.05 bits per heavy atom. The van der Waals surface area contributed by atoms with Gasteiger partial charge in [-0.25, -0.2) is 9.97 Å². The molecule has 1 saturated heterocycles. The topological polar surface area (TPSA) is 41.1 Å². The van der Waals surface area contributed by atoms with Gasteiger partial charge < -0.3 is 5.32 Å². The first-order chi connectivity index (χ1) is 10.6. The van der Waals surface area contributed by atoms with E-state index in [9.17, 15) is 0 Å². The molecular weight excluding hydrogens is 296 g/mol. The van der Waals surface area contributed by atoms with Crippen molar-refractivity contribution in [3.05, 3.63) is 52.9 Å². The average Bonchev–Trinajstić information content (AvgIpc) is 2.85. The average molecular weight is 317 g/mol. The molecule has 0 amide bonds. The van der Waals surface area contributed by atoms with Crippen LogP contribution in [0.1, 0.15) is 24.5 Å². The lowest BCUT2D eigenvalue weighted by molar-refractivity contribution is 0.259. The number of likely N-dealkylation sites (tertiary alicyclic amines) is 1. The van der Waals surface area contributed by atoms with Crippen molar-refractivity contribution in [2.45, 2.75) is 38.9 Å². The minimum absolute atomic E-state index is 0.392. The van der Waals surface area contributed by atoms with Crippen molar-refractivity contribution >= 4 is 17.4 Å². The first-order valence-corrected chi connectivity index (χ1v) is 8.03. The first kappa shape index (κ1) is 15.3. The fraction of sp³-hybridized carbons (Fsp3) is 0.412. The predicted molar refractivity (Wildman–Crippen MR) is 90.1 cm³/mol. The molecule has 2 unspecified atom stereocenters. The summed E-state index contributed by atoms with van der Waals surface area (Å²) < 4.78 is 0. The Kier molecular flexibility index (Phi) is 4.60. The van der Waals surface area contributed by atoms with E-state index in [4.69, 9.17) is 11.6 Å². The molecule has 1 aromatic heterocycles. The summed E-state index contributed by atoms with van der Waals surface area (Å²) in [5.74, 6) is 0.846. The molecule has 4 nitrogen and oxygen atoms in total. The smallest absolute Gasteiger partial charge is 0.137 e. The Bertz CT molecular complexity index is 632. The van der Waals surface area contributed by atoms with E-state index < -0.39 is 0 Å². The normalized spacial score (nSPS) is 22.0. The highest BCUT2D eigenvalue weighted by molar-refractivity contribution is 6.30. The summed E-state index contributed by atoms with van der Waals surface area (Å²) in [5, 5.41) is 4.04. The van der Waals surface area contributed by atoms with Crippen LogP contribution in [-0.4, -0.2) is 33.5 Å². The quantitative estimate of drug-likeness (QED) is 0.876. The minimum Gasteiger partial charge on any atom is -0.366 e. The van der Waals surface area contributed by atoms with E-state index in [1.807, 2.05) is 6.92 Å². The molecule has 2 atom stereocenters. The second kappa shape index (κ2) is 6.63. The summed E-state index contributed by atoms with van der Waals surface area (Å²) in [4.78, 5) is 10.8. The molecule has 1 aliphatic rings. The summed E-state index contributed by atoms with van der Waals surface area (Å²) in [6.45, 7) is 6.23. The lowest BCUT2D eigenvalue weighted by atomic mass is 10.2. The van der Waals surface area contributed by atoms with Crippen LogP contribution >= 0.6 is 11.6 Å². The highest BCUT2D eigenvalue weighted by Gasteiger charge is 2.29. The molecule has 0 bridgehead atoms. The second-order valence-corrected chi connectivity index (χ2v) is 6.34. The van der Waals surface area contributed by atoms with Gasteiger partial charge in [0.15, 0.2) is 0 Å². The van der Waals surface area contributed by atoms with Crippen molar-refractivity contribution < 1.29 is 0 Å². The number of hydrogen-bond donors (Lipinski definition) is 1. The molecule has 22 heavy (non-hydrogen) atoms. The van der Waals surface area contributed by atoms with E-state index in [1.54, 1.807) is 0 Å². The number of rotatable bonds is 4. The highest BCUT2D eigenvalue weighted by atomic mass is 35.5. The molecule has 116 valence electrons. The third-order valence-corrected chi connectivity index (χ3v) is 4.68. The zero-order valence-corrected chi connectivity index (χ0v) is 13.7. The van der Waals surface area contributed by atoms with Gasteiger partial charge in [0.05, 0.1) is 0 Å². The first-order valence-electron chi connectivity index (χ1n) is 7.65. The Morgan fingerprint density at radius 1 is 1.27 bits per heavy atom. The van der Waals surface area contributed by atoms with Crippen LogP contribution in [0.15, 0.2) is 36.7 Å². The van der Waals surface area contributed by atoms with E-state index in [0.29, 0.717) is 17.2 Å². The van der Waals surface area contributed by atoms with Crippen LogP contribution in [0, 0.1) is 6.92 Å². The lowest BCUT2D eigenvalue weighted by Gasteiger charge is -2.21. The molecule has 2 aromatic rings. The molecule has 1 aromatic carbocycles. The van der Waals surface area contributed by atoms with Gasteiger partial charge in [0.25, 0.3) is 0 Å². The molecule has 1 aliphatic heterocycles. The fourth-order valence-electron chi connectivity index (χ4n) is 3.01. The zero-order chi connectivity index (χ0) is 15.5. The molecule has 3 rings (SSSR count). The van der Waals surface area contributed by atoms with E-state index in [2.05, 4.69) is 57.4 Å². The molecule has 0 aliphatic carbocycles. The summed E-state index contributed by atoms with van der Waals surface area (Å²) in [7, 11) is 0. The lowest BCUT2D eigenvalue weighted by Crippen LogP contribution is -2.28. The Balaban J connectivity index is 1.64. The fourth-order valence-corrected chi connectivity index (χ4v) is 3.14. The maximum atomic E-state index is 6.06. The Labute approximate surface area is 136 Å². The van der Waals surface area contributed by atoms with Gasteiger partial charge >= 0.3 is 0 Å². The van der Waals surface area contributed by atoms with Gasteiger partial charge in [-0.3, -0.25) is 4.90 Å². The number of benzene rings is 1. The van der Waals surface area contributed by atoms with E-state index in [1.165, 1.54) is 11.9 Å². The van der Waals surface area contributed by atoms with Crippen LogP contribution < -0.4 is 5.32 Å². The van der Waals surface area contributed by atoms with Gasteiger partial charge in [-0.15, -0.1) is 0 Å². The molecule has 0 saturated carbocycles. The number of aromatic nitrogens is 2. The predicted octanol–water partition coefficient (Wildman–Crippen LogP) is 3.51. The molecule has 0 spiro atoms. The maximum absolute atomic E-state index is 6.06. The van der Waals surface area contributed by atoms with Crippen LogP contribution in [0.25, 0.3) is 0 Å². The zero-order valence-electron chi connectivity index (χ0n) is 13.0. The highest BCUT2D eigenvalue weighted by Crippen LogP contribution is 2.25. The van der Waals surface area contributed by atoms with Crippen molar-refractivity contribution in [1.29, 1.82) is 0 Å².